The summed E-state index contributed by atoms with van der Waals surface area (Å²) in [5.41, 5.74) is 1.95. The molecule has 2 heterocycles. The van der Waals surface area contributed by atoms with E-state index in [1.54, 1.807) is 18.2 Å². The van der Waals surface area contributed by atoms with E-state index in [1.165, 1.54) is 4.90 Å². The van der Waals surface area contributed by atoms with Crippen molar-refractivity contribution in [1.29, 1.82) is 0 Å². The number of aromatic nitrogens is 1. The first kappa shape index (κ1) is 22.8. The summed E-state index contributed by atoms with van der Waals surface area (Å²) in [7, 11) is 0. The van der Waals surface area contributed by atoms with Gasteiger partial charge in [0.2, 0.25) is 17.6 Å². The number of amides is 2. The summed E-state index contributed by atoms with van der Waals surface area (Å²) in [6.45, 7) is 0.465. The van der Waals surface area contributed by atoms with Gasteiger partial charge in [-0.05, 0) is 36.5 Å². The maximum Gasteiger partial charge on any atom is 0.287 e. The van der Waals surface area contributed by atoms with Gasteiger partial charge >= 0.3 is 0 Å². The van der Waals surface area contributed by atoms with Gasteiger partial charge in [0.15, 0.2) is 0 Å². The molecule has 35 heavy (non-hydrogen) atoms. The molecule has 0 spiro atoms. The number of benzene rings is 2. The fourth-order valence-corrected chi connectivity index (χ4v) is 4.37. The van der Waals surface area contributed by atoms with Crippen LogP contribution in [0.3, 0.4) is 0 Å². The third-order valence-corrected chi connectivity index (χ3v) is 6.43. The maximum atomic E-state index is 13.5. The topological polar surface area (TPSA) is 88.6 Å². The molecule has 1 N–H and O–H groups in total. The summed E-state index contributed by atoms with van der Waals surface area (Å²) in [5.74, 6) is -1.92. The van der Waals surface area contributed by atoms with Crippen LogP contribution < -0.4 is 15.0 Å². The molecule has 0 unspecified atom stereocenters. The van der Waals surface area contributed by atoms with Gasteiger partial charge in [-0.2, -0.15) is 4.98 Å². The smallest absolute Gasteiger partial charge is 0.287 e. The Balaban J connectivity index is 1.36. The molecule has 1 aliphatic heterocycles. The first-order valence-corrected chi connectivity index (χ1v) is 11.9. The van der Waals surface area contributed by atoms with Crippen LogP contribution in [-0.2, 0) is 27.4 Å². The van der Waals surface area contributed by atoms with Crippen molar-refractivity contribution in [2.45, 2.75) is 31.9 Å². The molecule has 1 aromatic heterocycles. The van der Waals surface area contributed by atoms with Gasteiger partial charge in [0, 0.05) is 18.7 Å². The van der Waals surface area contributed by atoms with Crippen LogP contribution >= 0.6 is 0 Å². The Kier molecular flexibility index (Phi) is 6.57. The first-order valence-electron chi connectivity index (χ1n) is 11.9. The number of anilines is 1. The van der Waals surface area contributed by atoms with Crippen LogP contribution in [0.15, 0.2) is 78.9 Å². The molecule has 1 saturated heterocycles. The molecule has 0 radical (unpaired) electrons. The highest BCUT2D eigenvalue weighted by Crippen LogP contribution is 2.33. The predicted octanol–water partition coefficient (Wildman–Crippen LogP) is 3.33. The average Bonchev–Trinajstić information content (AvgIpc) is 3.66. The van der Waals surface area contributed by atoms with Crippen LogP contribution in [0.2, 0.25) is 0 Å². The monoisotopic (exact) mass is 469 g/mol. The van der Waals surface area contributed by atoms with Gasteiger partial charge in [-0.15, -0.1) is 0 Å². The van der Waals surface area contributed by atoms with Gasteiger partial charge in [-0.1, -0.05) is 66.7 Å². The SMILES string of the molecule is O=C(NC1CC1)C(=O)[C@H]1CN(c2cccc(OCc3ccccc3)n2)C(=O)[C@@H]1Cc1ccccc1. The number of ketones is 1. The molecule has 178 valence electrons. The van der Waals surface area contributed by atoms with E-state index in [9.17, 15) is 14.4 Å². The second-order valence-corrected chi connectivity index (χ2v) is 9.07. The fraction of sp³-hybridized carbons (Fsp3) is 0.286. The number of carbonyl (C=O) groups excluding carboxylic acids is 3. The summed E-state index contributed by atoms with van der Waals surface area (Å²) in [4.78, 5) is 45.3. The van der Waals surface area contributed by atoms with Crippen molar-refractivity contribution in [2.24, 2.45) is 11.8 Å². The van der Waals surface area contributed by atoms with E-state index in [0.717, 1.165) is 24.0 Å². The number of carbonyl (C=O) groups is 3. The molecule has 2 fully saturated rings. The molecule has 7 heteroatoms. The Morgan fingerprint density at radius 2 is 1.60 bits per heavy atom. The van der Waals surface area contributed by atoms with Crippen molar-refractivity contribution in [2.75, 3.05) is 11.4 Å². The lowest BCUT2D eigenvalue weighted by Crippen LogP contribution is -2.39. The molecule has 1 aliphatic carbocycles. The zero-order valence-electron chi connectivity index (χ0n) is 19.3. The second-order valence-electron chi connectivity index (χ2n) is 9.07. The highest BCUT2D eigenvalue weighted by Gasteiger charge is 2.47. The van der Waals surface area contributed by atoms with Gasteiger partial charge in [0.1, 0.15) is 12.4 Å². The van der Waals surface area contributed by atoms with E-state index < -0.39 is 23.5 Å². The highest BCUT2D eigenvalue weighted by molar-refractivity contribution is 6.38. The number of nitrogens with one attached hydrogen (secondary N) is 1. The molecule has 7 nitrogen and oxygen atoms in total. The number of ether oxygens (including phenoxy) is 1. The molecular weight excluding hydrogens is 442 g/mol. The Hall–Kier alpha value is -4.00. The quantitative estimate of drug-likeness (QED) is 0.486. The number of nitrogens with zero attached hydrogens (tertiary/aromatic N) is 2. The number of pyridine rings is 1. The standard InChI is InChI=1S/C28H27N3O4/c32-26(27(33)29-21-14-15-21)23-17-31(28(34)22(23)16-19-8-3-1-4-9-19)24-12-7-13-25(30-24)35-18-20-10-5-2-6-11-20/h1-13,21-23H,14-18H2,(H,29,33)/t22-,23+/m1/s1. The van der Waals surface area contributed by atoms with Crippen molar-refractivity contribution in [3.05, 3.63) is 90.0 Å². The van der Waals surface area contributed by atoms with Gasteiger partial charge in [-0.25, -0.2) is 0 Å². The molecule has 3 aromatic rings. The van der Waals surface area contributed by atoms with Crippen LogP contribution in [-0.4, -0.2) is 35.2 Å². The van der Waals surface area contributed by atoms with Crippen LogP contribution in [0.25, 0.3) is 0 Å². The normalized spacial score (nSPS) is 19.4. The summed E-state index contributed by atoms with van der Waals surface area (Å²) in [5, 5.41) is 2.77. The molecule has 2 amide bonds. The van der Waals surface area contributed by atoms with Crippen molar-refractivity contribution in [1.82, 2.24) is 10.3 Å². The largest absolute Gasteiger partial charge is 0.473 e. The molecule has 2 aromatic carbocycles. The van der Waals surface area contributed by atoms with Crippen molar-refractivity contribution >= 4 is 23.4 Å². The number of hydrogen-bond acceptors (Lipinski definition) is 5. The van der Waals surface area contributed by atoms with E-state index in [0.29, 0.717) is 24.7 Å². The average molecular weight is 470 g/mol. The van der Waals surface area contributed by atoms with Crippen LogP contribution in [0.1, 0.15) is 24.0 Å². The van der Waals surface area contributed by atoms with E-state index in [-0.39, 0.29) is 18.5 Å². The minimum Gasteiger partial charge on any atom is -0.473 e. The second kappa shape index (κ2) is 10.1. The highest BCUT2D eigenvalue weighted by atomic mass is 16.5. The van der Waals surface area contributed by atoms with Gasteiger partial charge in [0.25, 0.3) is 5.91 Å². The Morgan fingerprint density at radius 1 is 0.914 bits per heavy atom. The van der Waals surface area contributed by atoms with Crippen molar-refractivity contribution in [3.8, 4) is 5.88 Å². The van der Waals surface area contributed by atoms with E-state index in [1.807, 2.05) is 60.7 Å². The Bertz CT molecular complexity index is 1210. The van der Waals surface area contributed by atoms with E-state index >= 15 is 0 Å². The zero-order valence-corrected chi connectivity index (χ0v) is 19.3. The lowest BCUT2D eigenvalue weighted by Gasteiger charge is -2.16. The predicted molar refractivity (Wildman–Crippen MR) is 131 cm³/mol. The van der Waals surface area contributed by atoms with E-state index in [2.05, 4.69) is 10.3 Å². The third-order valence-electron chi connectivity index (χ3n) is 6.43. The van der Waals surface area contributed by atoms with Gasteiger partial charge < -0.3 is 10.1 Å². The minimum absolute atomic E-state index is 0.0762. The summed E-state index contributed by atoms with van der Waals surface area (Å²) in [6.07, 6.45) is 2.16. The zero-order chi connectivity index (χ0) is 24.2. The van der Waals surface area contributed by atoms with Gasteiger partial charge in [-0.3, -0.25) is 19.3 Å². The third kappa shape index (κ3) is 5.40. The Morgan fingerprint density at radius 3 is 2.29 bits per heavy atom. The van der Waals surface area contributed by atoms with Crippen LogP contribution in [0.4, 0.5) is 5.82 Å². The molecule has 5 rings (SSSR count). The molecule has 2 aliphatic rings. The number of rotatable bonds is 9. The minimum atomic E-state index is -0.739. The van der Waals surface area contributed by atoms with Gasteiger partial charge in [0.05, 0.1) is 11.8 Å². The first-order chi connectivity index (χ1) is 17.1. The van der Waals surface area contributed by atoms with Crippen LogP contribution in [0, 0.1) is 11.8 Å². The number of Topliss-reactive ketones (excluding diaryl/α,β-unsaturated/α-hetero) is 1. The lowest BCUT2D eigenvalue weighted by atomic mass is 9.86. The summed E-state index contributed by atoms with van der Waals surface area (Å²) < 4.78 is 5.83. The molecular formula is C28H27N3O4. The van der Waals surface area contributed by atoms with E-state index in [4.69, 9.17) is 4.74 Å². The Labute approximate surface area is 204 Å². The van der Waals surface area contributed by atoms with Crippen LogP contribution in [0.5, 0.6) is 5.88 Å². The maximum absolute atomic E-state index is 13.5. The summed E-state index contributed by atoms with van der Waals surface area (Å²) >= 11 is 0. The molecule has 1 saturated carbocycles. The molecule has 0 bridgehead atoms. The number of hydrogen-bond donors (Lipinski definition) is 1. The molecule has 2 atom stereocenters. The summed E-state index contributed by atoms with van der Waals surface area (Å²) in [6, 6.07) is 24.6. The van der Waals surface area contributed by atoms with Crippen molar-refractivity contribution in [3.63, 3.8) is 0 Å². The fourth-order valence-electron chi connectivity index (χ4n) is 4.37. The lowest BCUT2D eigenvalue weighted by molar-refractivity contribution is -0.141. The van der Waals surface area contributed by atoms with Crippen molar-refractivity contribution < 1.29 is 19.1 Å².